The minimum absolute atomic E-state index is 0. The second-order valence-corrected chi connectivity index (χ2v) is 7.22. The van der Waals surface area contributed by atoms with Crippen LogP contribution >= 0.6 is 12.4 Å². The van der Waals surface area contributed by atoms with Gasteiger partial charge in [-0.15, -0.1) is 12.4 Å². The molecule has 1 aromatic carbocycles. The summed E-state index contributed by atoms with van der Waals surface area (Å²) in [6, 6.07) is 5.99. The molecule has 0 aliphatic carbocycles. The van der Waals surface area contributed by atoms with Crippen LogP contribution in [0.4, 0.5) is 4.39 Å². The van der Waals surface area contributed by atoms with Crippen LogP contribution < -0.4 is 5.73 Å². The van der Waals surface area contributed by atoms with E-state index >= 15 is 0 Å². The Bertz CT molecular complexity index is 585. The lowest BCUT2D eigenvalue weighted by Gasteiger charge is -2.42. The Labute approximate surface area is 160 Å². The number of carbonyl (C=O) groups excluding carboxylic acids is 1. The molecule has 3 N–H and O–H groups in total. The van der Waals surface area contributed by atoms with E-state index in [1.165, 1.54) is 12.1 Å². The first-order valence-electron chi connectivity index (χ1n) is 9.06. The molecule has 1 atom stereocenters. The molecule has 0 bridgehead atoms. The first-order valence-corrected chi connectivity index (χ1v) is 9.06. The van der Waals surface area contributed by atoms with E-state index in [9.17, 15) is 14.3 Å². The van der Waals surface area contributed by atoms with Crippen LogP contribution in [0.3, 0.4) is 0 Å². The van der Waals surface area contributed by atoms with E-state index in [2.05, 4.69) is 0 Å². The fourth-order valence-corrected chi connectivity index (χ4v) is 3.95. The number of amides is 1. The maximum atomic E-state index is 13.0. The van der Waals surface area contributed by atoms with Crippen LogP contribution in [0.2, 0.25) is 0 Å². The Morgan fingerprint density at radius 1 is 1.27 bits per heavy atom. The fourth-order valence-electron chi connectivity index (χ4n) is 3.95. The summed E-state index contributed by atoms with van der Waals surface area (Å²) in [5, 5.41) is 10.5. The number of ether oxygens (including phenoxy) is 1. The summed E-state index contributed by atoms with van der Waals surface area (Å²) in [5.41, 5.74) is 6.18. The van der Waals surface area contributed by atoms with E-state index in [-0.39, 0.29) is 30.0 Å². The highest BCUT2D eigenvalue weighted by atomic mass is 35.5. The molecule has 0 aromatic heterocycles. The Kier molecular flexibility index (Phi) is 7.41. The van der Waals surface area contributed by atoms with Crippen molar-refractivity contribution >= 4 is 18.3 Å². The lowest BCUT2D eigenvalue weighted by Crippen LogP contribution is -2.53. The molecular weight excluding hydrogens is 359 g/mol. The molecule has 2 aliphatic heterocycles. The summed E-state index contributed by atoms with van der Waals surface area (Å²) in [6.07, 6.45) is 2.22. The molecule has 2 fully saturated rings. The molecule has 0 radical (unpaired) electrons. The molecule has 146 valence electrons. The van der Waals surface area contributed by atoms with Gasteiger partial charge in [0.05, 0.1) is 11.5 Å². The first kappa shape index (κ1) is 21.1. The average molecular weight is 387 g/mol. The second-order valence-electron chi connectivity index (χ2n) is 7.22. The van der Waals surface area contributed by atoms with Crippen molar-refractivity contribution in [1.82, 2.24) is 4.90 Å². The van der Waals surface area contributed by atoms with Crippen molar-refractivity contribution in [3.05, 3.63) is 35.6 Å². The van der Waals surface area contributed by atoms with Gasteiger partial charge in [-0.3, -0.25) is 4.79 Å². The summed E-state index contributed by atoms with van der Waals surface area (Å²) in [4.78, 5) is 14.9. The van der Waals surface area contributed by atoms with Gasteiger partial charge < -0.3 is 20.5 Å². The summed E-state index contributed by atoms with van der Waals surface area (Å²) < 4.78 is 18.4. The maximum absolute atomic E-state index is 13.0. The largest absolute Gasteiger partial charge is 0.388 e. The van der Waals surface area contributed by atoms with Crippen molar-refractivity contribution in [2.75, 3.05) is 32.8 Å². The monoisotopic (exact) mass is 386 g/mol. The average Bonchev–Trinajstić information content (AvgIpc) is 2.68. The molecule has 7 heteroatoms. The predicted octanol–water partition coefficient (Wildman–Crippen LogP) is 2.28. The van der Waals surface area contributed by atoms with Gasteiger partial charge in [-0.2, -0.15) is 0 Å². The number of hydrogen-bond acceptors (Lipinski definition) is 4. The minimum Gasteiger partial charge on any atom is -0.388 e. The van der Waals surface area contributed by atoms with Crippen molar-refractivity contribution in [2.24, 2.45) is 17.1 Å². The van der Waals surface area contributed by atoms with Crippen LogP contribution in [0.5, 0.6) is 0 Å². The van der Waals surface area contributed by atoms with Crippen molar-refractivity contribution in [3.8, 4) is 0 Å². The third-order valence-electron chi connectivity index (χ3n) is 5.78. The van der Waals surface area contributed by atoms with Gasteiger partial charge in [-0.1, -0.05) is 12.1 Å². The number of halogens is 2. The SMILES string of the molecule is Cl.NCC1(C(=O)N2CCC(C(O)c3ccc(F)cc3)CC2)CCOCC1. The van der Waals surface area contributed by atoms with Gasteiger partial charge >= 0.3 is 0 Å². The fraction of sp³-hybridized carbons (Fsp3) is 0.632. The molecule has 2 aliphatic rings. The van der Waals surface area contributed by atoms with E-state index in [0.29, 0.717) is 45.7 Å². The normalized spacial score (nSPS) is 21.7. The number of nitrogens with zero attached hydrogens (tertiary/aromatic N) is 1. The molecule has 1 amide bonds. The number of rotatable bonds is 4. The number of piperidine rings is 1. The molecule has 0 saturated carbocycles. The summed E-state index contributed by atoms with van der Waals surface area (Å²) in [6.45, 7) is 2.79. The van der Waals surface area contributed by atoms with Gasteiger partial charge in [-0.05, 0) is 49.3 Å². The van der Waals surface area contributed by atoms with Gasteiger partial charge in [0.2, 0.25) is 5.91 Å². The van der Waals surface area contributed by atoms with Crippen LogP contribution in [-0.2, 0) is 9.53 Å². The lowest BCUT2D eigenvalue weighted by atomic mass is 9.78. The smallest absolute Gasteiger partial charge is 0.230 e. The van der Waals surface area contributed by atoms with E-state index in [0.717, 1.165) is 18.4 Å². The summed E-state index contributed by atoms with van der Waals surface area (Å²) >= 11 is 0. The second kappa shape index (κ2) is 9.13. The molecular formula is C19H28ClFN2O3. The summed E-state index contributed by atoms with van der Waals surface area (Å²) in [7, 11) is 0. The number of likely N-dealkylation sites (tertiary alicyclic amines) is 1. The molecule has 0 spiro atoms. The van der Waals surface area contributed by atoms with E-state index in [4.69, 9.17) is 10.5 Å². The van der Waals surface area contributed by atoms with Gasteiger partial charge in [0.15, 0.2) is 0 Å². The van der Waals surface area contributed by atoms with Crippen molar-refractivity contribution in [3.63, 3.8) is 0 Å². The number of carbonyl (C=O) groups is 1. The minimum atomic E-state index is -0.621. The first-order chi connectivity index (χ1) is 12.1. The number of aliphatic hydroxyl groups is 1. The molecule has 1 unspecified atom stereocenters. The zero-order chi connectivity index (χ0) is 17.9. The molecule has 26 heavy (non-hydrogen) atoms. The number of hydrogen-bond donors (Lipinski definition) is 2. The van der Waals surface area contributed by atoms with Gasteiger partial charge in [0, 0.05) is 32.8 Å². The highest BCUT2D eigenvalue weighted by Gasteiger charge is 2.42. The molecule has 5 nitrogen and oxygen atoms in total. The van der Waals surface area contributed by atoms with Crippen LogP contribution in [0, 0.1) is 17.2 Å². The van der Waals surface area contributed by atoms with Crippen LogP contribution in [-0.4, -0.2) is 48.8 Å². The third kappa shape index (κ3) is 4.36. The molecule has 2 heterocycles. The van der Waals surface area contributed by atoms with Crippen molar-refractivity contribution in [2.45, 2.75) is 31.8 Å². The molecule has 3 rings (SSSR count). The predicted molar refractivity (Wildman–Crippen MR) is 99.5 cm³/mol. The van der Waals surface area contributed by atoms with Gasteiger partial charge in [-0.25, -0.2) is 4.39 Å². The quantitative estimate of drug-likeness (QED) is 0.832. The number of nitrogens with two attached hydrogens (primary N) is 1. The van der Waals surface area contributed by atoms with Crippen molar-refractivity contribution in [1.29, 1.82) is 0 Å². The van der Waals surface area contributed by atoms with E-state index < -0.39 is 11.5 Å². The Morgan fingerprint density at radius 2 is 1.85 bits per heavy atom. The Morgan fingerprint density at radius 3 is 2.38 bits per heavy atom. The topological polar surface area (TPSA) is 75.8 Å². The van der Waals surface area contributed by atoms with Gasteiger partial charge in [0.25, 0.3) is 0 Å². The zero-order valence-electron chi connectivity index (χ0n) is 14.9. The van der Waals surface area contributed by atoms with E-state index in [1.807, 2.05) is 4.90 Å². The van der Waals surface area contributed by atoms with Crippen molar-refractivity contribution < 1.29 is 19.0 Å². The number of benzene rings is 1. The molecule has 2 saturated heterocycles. The Balaban J connectivity index is 0.00000243. The highest BCUT2D eigenvalue weighted by molar-refractivity contribution is 5.85. The highest BCUT2D eigenvalue weighted by Crippen LogP contribution is 2.35. The van der Waals surface area contributed by atoms with Crippen LogP contribution in [0.1, 0.15) is 37.4 Å². The van der Waals surface area contributed by atoms with Crippen LogP contribution in [0.25, 0.3) is 0 Å². The zero-order valence-corrected chi connectivity index (χ0v) is 15.7. The van der Waals surface area contributed by atoms with E-state index in [1.54, 1.807) is 12.1 Å². The van der Waals surface area contributed by atoms with Gasteiger partial charge in [0.1, 0.15) is 5.82 Å². The molecule has 1 aromatic rings. The standard InChI is InChI=1S/C19H27FN2O3.ClH/c20-16-3-1-14(2-4-16)17(23)15-5-9-22(10-6-15)18(24)19(13-21)7-11-25-12-8-19;/h1-4,15,17,23H,5-13,21H2;1H. The lowest BCUT2D eigenvalue weighted by molar-refractivity contribution is -0.149. The number of aliphatic hydroxyl groups excluding tert-OH is 1. The third-order valence-corrected chi connectivity index (χ3v) is 5.78. The summed E-state index contributed by atoms with van der Waals surface area (Å²) in [5.74, 6) is -0.0917. The maximum Gasteiger partial charge on any atom is 0.230 e. The Hall–Kier alpha value is -1.21. The van der Waals surface area contributed by atoms with Crippen LogP contribution in [0.15, 0.2) is 24.3 Å².